The molecule has 1 saturated carbocycles. The van der Waals surface area contributed by atoms with Crippen LogP contribution in [0.4, 0.5) is 11.8 Å². The lowest BCUT2D eigenvalue weighted by Gasteiger charge is -2.30. The summed E-state index contributed by atoms with van der Waals surface area (Å²) in [5.41, 5.74) is 2.54. The molecular formula is C24H27N5O3. The molecular weight excluding hydrogens is 406 g/mol. The van der Waals surface area contributed by atoms with Crippen molar-refractivity contribution < 1.29 is 13.9 Å². The van der Waals surface area contributed by atoms with Gasteiger partial charge in [-0.05, 0) is 24.8 Å². The number of morpholine rings is 1. The molecule has 0 unspecified atom stereocenters. The molecule has 1 aromatic carbocycles. The van der Waals surface area contributed by atoms with E-state index >= 15 is 0 Å². The lowest BCUT2D eigenvalue weighted by atomic mass is 10.1. The Labute approximate surface area is 186 Å². The quantitative estimate of drug-likeness (QED) is 0.662. The number of hydrogen-bond donors (Lipinski definition) is 1. The number of ether oxygens (including phenoxy) is 1. The minimum Gasteiger partial charge on any atom is -0.461 e. The van der Waals surface area contributed by atoms with Gasteiger partial charge >= 0.3 is 0 Å². The van der Waals surface area contributed by atoms with Gasteiger partial charge in [-0.25, -0.2) is 4.98 Å². The topological polar surface area (TPSA) is 83.7 Å². The highest BCUT2D eigenvalue weighted by Gasteiger charge is 2.27. The summed E-state index contributed by atoms with van der Waals surface area (Å²) < 4.78 is 11.6. The predicted molar refractivity (Wildman–Crippen MR) is 121 cm³/mol. The molecule has 1 amide bonds. The number of aromatic nitrogens is 2. The number of nitrogens with zero attached hydrogens (tertiary/aromatic N) is 4. The monoisotopic (exact) mass is 433 g/mol. The number of fused-ring (bicyclic) bond motifs is 3. The average molecular weight is 434 g/mol. The zero-order valence-electron chi connectivity index (χ0n) is 18.0. The second-order valence-electron chi connectivity index (χ2n) is 8.84. The maximum Gasteiger partial charge on any atom is 0.270 e. The fourth-order valence-electron chi connectivity index (χ4n) is 4.49. The number of para-hydroxylation sites is 1. The first-order valence-electron chi connectivity index (χ1n) is 11.5. The van der Waals surface area contributed by atoms with Crippen molar-refractivity contribution in [1.29, 1.82) is 0 Å². The molecule has 2 aliphatic heterocycles. The van der Waals surface area contributed by atoms with E-state index in [-0.39, 0.29) is 5.91 Å². The smallest absolute Gasteiger partial charge is 0.270 e. The highest BCUT2D eigenvalue weighted by molar-refractivity contribution is 5.93. The second kappa shape index (κ2) is 8.09. The molecule has 1 saturated heterocycles. The first-order chi connectivity index (χ1) is 15.7. The van der Waals surface area contributed by atoms with E-state index in [1.165, 1.54) is 18.4 Å². The van der Waals surface area contributed by atoms with Gasteiger partial charge < -0.3 is 24.3 Å². The van der Waals surface area contributed by atoms with Crippen molar-refractivity contribution >= 4 is 28.6 Å². The van der Waals surface area contributed by atoms with Crippen LogP contribution >= 0.6 is 0 Å². The Kier molecular flexibility index (Phi) is 4.94. The van der Waals surface area contributed by atoms with Crippen LogP contribution in [0.25, 0.3) is 11.0 Å². The lowest BCUT2D eigenvalue weighted by molar-refractivity contribution is 0.0946. The van der Waals surface area contributed by atoms with Crippen molar-refractivity contribution in [3.63, 3.8) is 0 Å². The number of amides is 1. The van der Waals surface area contributed by atoms with Gasteiger partial charge in [-0.1, -0.05) is 18.2 Å². The summed E-state index contributed by atoms with van der Waals surface area (Å²) in [5.74, 6) is 2.92. The molecule has 2 fully saturated rings. The first-order valence-corrected chi connectivity index (χ1v) is 11.5. The van der Waals surface area contributed by atoms with Crippen molar-refractivity contribution in [2.75, 3.05) is 49.2 Å². The summed E-state index contributed by atoms with van der Waals surface area (Å²) in [4.78, 5) is 26.8. The number of carbonyl (C=O) groups is 1. The predicted octanol–water partition coefficient (Wildman–Crippen LogP) is 2.76. The number of hydrogen-bond acceptors (Lipinski definition) is 7. The Balaban J connectivity index is 1.32. The fourth-order valence-corrected chi connectivity index (χ4v) is 4.49. The highest BCUT2D eigenvalue weighted by atomic mass is 16.5. The van der Waals surface area contributed by atoms with Gasteiger partial charge in [0.1, 0.15) is 22.9 Å². The normalized spacial score (nSPS) is 18.6. The van der Waals surface area contributed by atoms with Crippen LogP contribution < -0.4 is 15.1 Å². The standard InChI is InChI=1S/C24H27N5O3/c30-23(25-14-16-5-6-16)19-13-22(28-9-11-31-12-10-28)27-24(26-19)29-8-7-21-18(15-29)17-3-1-2-4-20(17)32-21/h1-4,13,16H,5-12,14-15H2,(H,25,30). The maximum atomic E-state index is 12.9. The van der Waals surface area contributed by atoms with Crippen molar-refractivity contribution in [1.82, 2.24) is 15.3 Å². The van der Waals surface area contributed by atoms with E-state index < -0.39 is 0 Å². The van der Waals surface area contributed by atoms with Crippen molar-refractivity contribution in [3.05, 3.63) is 47.3 Å². The maximum absolute atomic E-state index is 12.9. The zero-order chi connectivity index (χ0) is 21.5. The van der Waals surface area contributed by atoms with E-state index in [0.29, 0.717) is 37.3 Å². The third-order valence-corrected chi connectivity index (χ3v) is 6.54. The molecule has 0 bridgehead atoms. The minimum absolute atomic E-state index is 0.124. The Bertz CT molecular complexity index is 1150. The molecule has 166 valence electrons. The van der Waals surface area contributed by atoms with E-state index in [9.17, 15) is 4.79 Å². The largest absolute Gasteiger partial charge is 0.461 e. The first kappa shape index (κ1) is 19.5. The van der Waals surface area contributed by atoms with Gasteiger partial charge in [-0.3, -0.25) is 4.79 Å². The second-order valence-corrected chi connectivity index (χ2v) is 8.84. The van der Waals surface area contributed by atoms with Crippen LogP contribution in [0.5, 0.6) is 0 Å². The number of anilines is 2. The molecule has 0 atom stereocenters. The van der Waals surface area contributed by atoms with E-state index in [1.54, 1.807) is 0 Å². The Morgan fingerprint density at radius 2 is 1.94 bits per heavy atom. The molecule has 3 aliphatic rings. The van der Waals surface area contributed by atoms with Crippen LogP contribution in [-0.2, 0) is 17.7 Å². The minimum atomic E-state index is -0.124. The molecule has 8 nitrogen and oxygen atoms in total. The van der Waals surface area contributed by atoms with E-state index in [0.717, 1.165) is 55.1 Å². The molecule has 8 heteroatoms. The molecule has 6 rings (SSSR count). The number of carbonyl (C=O) groups excluding carboxylic acids is 1. The molecule has 2 aromatic heterocycles. The molecule has 1 N–H and O–H groups in total. The average Bonchev–Trinajstić information content (AvgIpc) is 3.61. The summed E-state index contributed by atoms with van der Waals surface area (Å²) >= 11 is 0. The van der Waals surface area contributed by atoms with Gasteiger partial charge in [0.15, 0.2) is 0 Å². The van der Waals surface area contributed by atoms with E-state index in [4.69, 9.17) is 19.1 Å². The van der Waals surface area contributed by atoms with E-state index in [1.807, 2.05) is 24.3 Å². The van der Waals surface area contributed by atoms with Crippen LogP contribution in [0.2, 0.25) is 0 Å². The molecule has 0 radical (unpaired) electrons. The van der Waals surface area contributed by atoms with Gasteiger partial charge in [-0.2, -0.15) is 4.98 Å². The van der Waals surface area contributed by atoms with Gasteiger partial charge in [-0.15, -0.1) is 0 Å². The zero-order valence-corrected chi connectivity index (χ0v) is 18.0. The Morgan fingerprint density at radius 1 is 1.09 bits per heavy atom. The van der Waals surface area contributed by atoms with Gasteiger partial charge in [0.05, 0.1) is 13.2 Å². The summed E-state index contributed by atoms with van der Waals surface area (Å²) in [6.45, 7) is 4.99. The fraction of sp³-hybridized carbons (Fsp3) is 0.458. The van der Waals surface area contributed by atoms with Crippen molar-refractivity contribution in [2.24, 2.45) is 5.92 Å². The molecule has 4 heterocycles. The Hall–Kier alpha value is -3.13. The highest BCUT2D eigenvalue weighted by Crippen LogP contribution is 2.32. The van der Waals surface area contributed by atoms with Crippen LogP contribution in [0.15, 0.2) is 34.7 Å². The number of furan rings is 1. The number of rotatable bonds is 5. The third kappa shape index (κ3) is 3.79. The van der Waals surface area contributed by atoms with Crippen LogP contribution in [0, 0.1) is 5.92 Å². The van der Waals surface area contributed by atoms with Crippen LogP contribution in [0.1, 0.15) is 34.7 Å². The molecule has 32 heavy (non-hydrogen) atoms. The summed E-state index contributed by atoms with van der Waals surface area (Å²) in [5, 5.41) is 4.19. The lowest BCUT2D eigenvalue weighted by Crippen LogP contribution is -2.38. The van der Waals surface area contributed by atoms with Crippen molar-refractivity contribution in [2.45, 2.75) is 25.8 Å². The summed E-state index contributed by atoms with van der Waals surface area (Å²) in [6.07, 6.45) is 3.19. The SMILES string of the molecule is O=C(NCC1CC1)c1cc(N2CCOCC2)nc(N2CCc3oc4ccccc4c3C2)n1. The Morgan fingerprint density at radius 3 is 2.78 bits per heavy atom. The van der Waals surface area contributed by atoms with Crippen LogP contribution in [0.3, 0.4) is 0 Å². The van der Waals surface area contributed by atoms with E-state index in [2.05, 4.69) is 21.2 Å². The summed E-state index contributed by atoms with van der Waals surface area (Å²) in [7, 11) is 0. The molecule has 0 spiro atoms. The van der Waals surface area contributed by atoms with Gasteiger partial charge in [0, 0.05) is 56.2 Å². The summed E-state index contributed by atoms with van der Waals surface area (Å²) in [6, 6.07) is 9.96. The number of benzene rings is 1. The van der Waals surface area contributed by atoms with Crippen molar-refractivity contribution in [3.8, 4) is 0 Å². The molecule has 1 aliphatic carbocycles. The molecule has 3 aromatic rings. The number of nitrogens with one attached hydrogen (secondary N) is 1. The van der Waals surface area contributed by atoms with Gasteiger partial charge in [0.25, 0.3) is 5.91 Å². The third-order valence-electron chi connectivity index (χ3n) is 6.54. The van der Waals surface area contributed by atoms with Gasteiger partial charge in [0.2, 0.25) is 5.95 Å². The van der Waals surface area contributed by atoms with Crippen LogP contribution in [-0.4, -0.2) is 55.3 Å².